The highest BCUT2D eigenvalue weighted by atomic mass is 16.2. The molecule has 0 bridgehead atoms. The number of carbonyl (C=O) groups is 1. The predicted octanol–water partition coefficient (Wildman–Crippen LogP) is 1.38. The van der Waals surface area contributed by atoms with Crippen LogP contribution in [0.2, 0.25) is 0 Å². The molecule has 3 aliphatic heterocycles. The highest BCUT2D eigenvalue weighted by Gasteiger charge is 2.44. The normalized spacial score (nSPS) is 37.1. The molecule has 0 spiro atoms. The van der Waals surface area contributed by atoms with Crippen molar-refractivity contribution in [3.63, 3.8) is 0 Å². The Hall–Kier alpha value is -0.770. The first kappa shape index (κ1) is 12.3. The topological polar surface area (TPSA) is 35.6 Å². The molecule has 3 unspecified atom stereocenters. The van der Waals surface area contributed by atoms with Gasteiger partial charge < -0.3 is 15.1 Å². The average molecular weight is 251 g/mol. The predicted molar refractivity (Wildman–Crippen MR) is 71.4 cm³/mol. The molecular weight excluding hydrogens is 226 g/mol. The summed E-state index contributed by atoms with van der Waals surface area (Å²) in [6.07, 6.45) is 2.34. The average Bonchev–Trinajstić information content (AvgIpc) is 2.93. The van der Waals surface area contributed by atoms with Gasteiger partial charge in [0.15, 0.2) is 0 Å². The lowest BCUT2D eigenvalue weighted by molar-refractivity contribution is 0.128. The standard InChI is InChI=1S/C14H25N3O/c1-10-3-5-16(6-4-10)14(18)17-9-12-7-15-8-13(12)11(17)2/h10-13,15H,3-9H2,1-2H3. The largest absolute Gasteiger partial charge is 0.325 e. The Morgan fingerprint density at radius 2 is 1.89 bits per heavy atom. The van der Waals surface area contributed by atoms with E-state index in [1.54, 1.807) is 0 Å². The summed E-state index contributed by atoms with van der Waals surface area (Å²) >= 11 is 0. The number of piperidine rings is 1. The molecule has 3 rings (SSSR count). The van der Waals surface area contributed by atoms with Gasteiger partial charge in [-0.15, -0.1) is 0 Å². The van der Waals surface area contributed by atoms with Crippen molar-refractivity contribution in [2.24, 2.45) is 17.8 Å². The summed E-state index contributed by atoms with van der Waals surface area (Å²) in [6.45, 7) is 9.57. The van der Waals surface area contributed by atoms with E-state index >= 15 is 0 Å². The second kappa shape index (κ2) is 4.72. The molecule has 3 heterocycles. The second-order valence-electron chi connectivity index (χ2n) is 6.43. The maximum absolute atomic E-state index is 12.6. The molecule has 0 aromatic rings. The number of amides is 2. The molecule has 0 radical (unpaired) electrons. The summed E-state index contributed by atoms with van der Waals surface area (Å²) < 4.78 is 0. The number of carbonyl (C=O) groups excluding carboxylic acids is 1. The van der Waals surface area contributed by atoms with Gasteiger partial charge in [-0.05, 0) is 37.5 Å². The van der Waals surface area contributed by atoms with Crippen molar-refractivity contribution in [2.45, 2.75) is 32.7 Å². The van der Waals surface area contributed by atoms with E-state index in [-0.39, 0.29) is 0 Å². The summed E-state index contributed by atoms with van der Waals surface area (Å²) in [4.78, 5) is 16.8. The molecule has 3 aliphatic rings. The van der Waals surface area contributed by atoms with Crippen molar-refractivity contribution in [2.75, 3.05) is 32.7 Å². The minimum atomic E-state index is 0.295. The molecule has 0 aromatic carbocycles. The van der Waals surface area contributed by atoms with Crippen molar-refractivity contribution in [3.05, 3.63) is 0 Å². The fourth-order valence-corrected chi connectivity index (χ4v) is 3.80. The van der Waals surface area contributed by atoms with E-state index in [1.165, 1.54) is 12.8 Å². The minimum absolute atomic E-state index is 0.295. The zero-order valence-electron chi connectivity index (χ0n) is 11.6. The molecule has 0 aromatic heterocycles. The van der Waals surface area contributed by atoms with Gasteiger partial charge in [0.2, 0.25) is 0 Å². The van der Waals surface area contributed by atoms with E-state index in [9.17, 15) is 4.79 Å². The van der Waals surface area contributed by atoms with Gasteiger partial charge in [-0.1, -0.05) is 6.92 Å². The van der Waals surface area contributed by atoms with E-state index in [2.05, 4.69) is 29.0 Å². The van der Waals surface area contributed by atoms with Crippen LogP contribution in [-0.2, 0) is 0 Å². The van der Waals surface area contributed by atoms with Crippen molar-refractivity contribution in [3.8, 4) is 0 Å². The van der Waals surface area contributed by atoms with E-state index in [0.717, 1.165) is 38.6 Å². The summed E-state index contributed by atoms with van der Waals surface area (Å²) in [6, 6.07) is 0.709. The van der Waals surface area contributed by atoms with E-state index < -0.39 is 0 Å². The molecule has 4 heteroatoms. The molecule has 1 N–H and O–H groups in total. The maximum atomic E-state index is 12.6. The molecule has 18 heavy (non-hydrogen) atoms. The third-order valence-electron chi connectivity index (χ3n) is 5.23. The minimum Gasteiger partial charge on any atom is -0.325 e. The lowest BCUT2D eigenvalue weighted by atomic mass is 9.95. The Labute approximate surface area is 110 Å². The first-order valence-electron chi connectivity index (χ1n) is 7.43. The third-order valence-corrected chi connectivity index (χ3v) is 5.23. The first-order chi connectivity index (χ1) is 8.66. The highest BCUT2D eigenvalue weighted by Crippen LogP contribution is 2.33. The smallest absolute Gasteiger partial charge is 0.320 e. The van der Waals surface area contributed by atoms with Gasteiger partial charge in [-0.2, -0.15) is 0 Å². The number of likely N-dealkylation sites (tertiary alicyclic amines) is 2. The molecular formula is C14H25N3O. The van der Waals surface area contributed by atoms with Crippen LogP contribution in [0.25, 0.3) is 0 Å². The van der Waals surface area contributed by atoms with E-state index in [0.29, 0.717) is 23.9 Å². The molecule has 2 amide bonds. The number of fused-ring (bicyclic) bond motifs is 1. The lowest BCUT2D eigenvalue weighted by Crippen LogP contribution is -2.49. The molecule has 3 saturated heterocycles. The van der Waals surface area contributed by atoms with Gasteiger partial charge in [0, 0.05) is 38.8 Å². The number of nitrogens with one attached hydrogen (secondary N) is 1. The maximum Gasteiger partial charge on any atom is 0.320 e. The molecule has 0 aliphatic carbocycles. The van der Waals surface area contributed by atoms with Gasteiger partial charge in [0.1, 0.15) is 0 Å². The Morgan fingerprint density at radius 3 is 2.56 bits per heavy atom. The molecule has 4 nitrogen and oxygen atoms in total. The first-order valence-corrected chi connectivity index (χ1v) is 7.43. The zero-order chi connectivity index (χ0) is 12.7. The fourth-order valence-electron chi connectivity index (χ4n) is 3.80. The van der Waals surface area contributed by atoms with Crippen molar-refractivity contribution < 1.29 is 4.79 Å². The van der Waals surface area contributed by atoms with Gasteiger partial charge >= 0.3 is 6.03 Å². The SMILES string of the molecule is CC1CCN(C(=O)N2CC3CNCC3C2C)CC1. The van der Waals surface area contributed by atoms with Crippen LogP contribution in [0.4, 0.5) is 4.79 Å². The lowest BCUT2D eigenvalue weighted by Gasteiger charge is -2.35. The van der Waals surface area contributed by atoms with Gasteiger partial charge in [0.05, 0.1) is 0 Å². The molecule has 102 valence electrons. The highest BCUT2D eigenvalue weighted by molar-refractivity contribution is 5.75. The van der Waals surface area contributed by atoms with Crippen LogP contribution >= 0.6 is 0 Å². The van der Waals surface area contributed by atoms with Crippen LogP contribution in [0.1, 0.15) is 26.7 Å². The summed E-state index contributed by atoms with van der Waals surface area (Å²) in [7, 11) is 0. The third kappa shape index (κ3) is 2.00. The van der Waals surface area contributed by atoms with E-state index in [4.69, 9.17) is 0 Å². The van der Waals surface area contributed by atoms with Crippen LogP contribution in [0, 0.1) is 17.8 Å². The van der Waals surface area contributed by atoms with E-state index in [1.807, 2.05) is 0 Å². The van der Waals surface area contributed by atoms with Gasteiger partial charge in [-0.3, -0.25) is 0 Å². The van der Waals surface area contributed by atoms with Crippen LogP contribution in [0.3, 0.4) is 0 Å². The van der Waals surface area contributed by atoms with Crippen LogP contribution in [-0.4, -0.2) is 54.6 Å². The number of hydrogen-bond acceptors (Lipinski definition) is 2. The van der Waals surface area contributed by atoms with Gasteiger partial charge in [0.25, 0.3) is 0 Å². The van der Waals surface area contributed by atoms with Crippen LogP contribution in [0.15, 0.2) is 0 Å². The summed E-state index contributed by atoms with van der Waals surface area (Å²) in [5.41, 5.74) is 0. The Balaban J connectivity index is 1.63. The van der Waals surface area contributed by atoms with Crippen LogP contribution in [0.5, 0.6) is 0 Å². The van der Waals surface area contributed by atoms with Crippen molar-refractivity contribution in [1.82, 2.24) is 15.1 Å². The Morgan fingerprint density at radius 1 is 1.17 bits per heavy atom. The number of hydrogen-bond donors (Lipinski definition) is 1. The monoisotopic (exact) mass is 251 g/mol. The van der Waals surface area contributed by atoms with Crippen molar-refractivity contribution in [1.29, 1.82) is 0 Å². The summed E-state index contributed by atoms with van der Waals surface area (Å²) in [5.74, 6) is 2.15. The molecule has 3 fully saturated rings. The quantitative estimate of drug-likeness (QED) is 0.706. The molecule has 3 atom stereocenters. The Kier molecular flexibility index (Phi) is 3.22. The summed E-state index contributed by atoms with van der Waals surface area (Å²) in [5, 5.41) is 3.45. The number of urea groups is 1. The Bertz CT molecular complexity index is 325. The zero-order valence-corrected chi connectivity index (χ0v) is 11.6. The second-order valence-corrected chi connectivity index (χ2v) is 6.43. The van der Waals surface area contributed by atoms with Crippen molar-refractivity contribution >= 4 is 6.03 Å². The van der Waals surface area contributed by atoms with Crippen LogP contribution < -0.4 is 5.32 Å². The van der Waals surface area contributed by atoms with Gasteiger partial charge in [-0.25, -0.2) is 4.79 Å². The number of nitrogens with zero attached hydrogens (tertiary/aromatic N) is 2. The number of rotatable bonds is 0. The molecule has 0 saturated carbocycles. The fraction of sp³-hybridized carbons (Fsp3) is 0.929.